The maximum atomic E-state index is 11.5. The second kappa shape index (κ2) is 4.38. The van der Waals surface area contributed by atoms with Gasteiger partial charge in [0.2, 0.25) is 5.13 Å². The van der Waals surface area contributed by atoms with Crippen molar-refractivity contribution in [2.45, 2.75) is 12.5 Å². The molecule has 0 radical (unpaired) electrons. The standard InChI is InChI=1S/C12H11N3O2S/c16-11(17)10-9-4-2-1-3-8(9)5-6-15(10)12-13-7-14-18-12/h1-4,7,10H,5-6H2,(H,16,17). The van der Waals surface area contributed by atoms with Crippen LogP contribution in [0.3, 0.4) is 0 Å². The summed E-state index contributed by atoms with van der Waals surface area (Å²) < 4.78 is 3.94. The summed E-state index contributed by atoms with van der Waals surface area (Å²) in [6, 6.07) is 7.02. The molecule has 0 saturated heterocycles. The Morgan fingerprint density at radius 3 is 3.00 bits per heavy atom. The molecular weight excluding hydrogens is 250 g/mol. The van der Waals surface area contributed by atoms with Crippen molar-refractivity contribution in [2.24, 2.45) is 0 Å². The van der Waals surface area contributed by atoms with Crippen LogP contribution in [0, 0.1) is 0 Å². The lowest BCUT2D eigenvalue weighted by molar-refractivity contribution is -0.138. The highest BCUT2D eigenvalue weighted by molar-refractivity contribution is 7.09. The molecule has 6 heteroatoms. The van der Waals surface area contributed by atoms with E-state index in [0.717, 1.165) is 17.5 Å². The Morgan fingerprint density at radius 2 is 2.28 bits per heavy atom. The van der Waals surface area contributed by atoms with E-state index in [0.29, 0.717) is 11.7 Å². The van der Waals surface area contributed by atoms with E-state index < -0.39 is 12.0 Å². The predicted molar refractivity (Wildman–Crippen MR) is 67.8 cm³/mol. The van der Waals surface area contributed by atoms with Gasteiger partial charge in [0.25, 0.3) is 0 Å². The number of nitrogens with zero attached hydrogens (tertiary/aromatic N) is 3. The zero-order valence-electron chi connectivity index (χ0n) is 9.48. The number of aromatic nitrogens is 2. The van der Waals surface area contributed by atoms with Gasteiger partial charge in [0, 0.05) is 18.1 Å². The lowest BCUT2D eigenvalue weighted by atomic mass is 9.93. The number of rotatable bonds is 2. The van der Waals surface area contributed by atoms with E-state index in [1.807, 2.05) is 29.2 Å². The number of anilines is 1. The normalized spacial score (nSPS) is 18.4. The molecule has 0 saturated carbocycles. The molecule has 1 aromatic heterocycles. The second-order valence-electron chi connectivity index (χ2n) is 4.11. The van der Waals surface area contributed by atoms with Gasteiger partial charge in [-0.2, -0.15) is 4.37 Å². The number of fused-ring (bicyclic) bond motifs is 1. The van der Waals surface area contributed by atoms with E-state index in [1.54, 1.807) is 0 Å². The Labute approximate surface area is 108 Å². The van der Waals surface area contributed by atoms with Crippen LogP contribution in [0.25, 0.3) is 0 Å². The fourth-order valence-corrected chi connectivity index (χ4v) is 2.92. The number of hydrogen-bond donors (Lipinski definition) is 1. The SMILES string of the molecule is O=C(O)C1c2ccccc2CCN1c1ncns1. The minimum atomic E-state index is -0.850. The van der Waals surface area contributed by atoms with E-state index in [4.69, 9.17) is 0 Å². The first-order valence-corrected chi connectivity index (χ1v) is 6.38. The van der Waals surface area contributed by atoms with Crippen molar-refractivity contribution >= 4 is 22.6 Å². The summed E-state index contributed by atoms with van der Waals surface area (Å²) in [5, 5.41) is 10.1. The average molecular weight is 261 g/mol. The molecule has 1 N–H and O–H groups in total. The molecule has 0 amide bonds. The summed E-state index contributed by atoms with van der Waals surface area (Å²) >= 11 is 1.23. The summed E-state index contributed by atoms with van der Waals surface area (Å²) in [5.74, 6) is -0.850. The summed E-state index contributed by atoms with van der Waals surface area (Å²) in [4.78, 5) is 17.5. The fraction of sp³-hybridized carbons (Fsp3) is 0.250. The van der Waals surface area contributed by atoms with Crippen LogP contribution >= 0.6 is 11.5 Å². The van der Waals surface area contributed by atoms with Crippen LogP contribution in [0.5, 0.6) is 0 Å². The van der Waals surface area contributed by atoms with Gasteiger partial charge in [-0.05, 0) is 17.5 Å². The first-order chi connectivity index (χ1) is 8.77. The Kier molecular flexibility index (Phi) is 2.71. The topological polar surface area (TPSA) is 66.3 Å². The van der Waals surface area contributed by atoms with Gasteiger partial charge in [-0.1, -0.05) is 24.3 Å². The van der Waals surface area contributed by atoms with Crippen LogP contribution in [0.1, 0.15) is 17.2 Å². The highest BCUT2D eigenvalue weighted by Crippen LogP contribution is 2.34. The lowest BCUT2D eigenvalue weighted by Crippen LogP contribution is -2.39. The fourth-order valence-electron chi connectivity index (χ4n) is 2.33. The van der Waals surface area contributed by atoms with Crippen LogP contribution in [0.2, 0.25) is 0 Å². The number of aliphatic carboxylic acids is 1. The van der Waals surface area contributed by atoms with E-state index in [1.165, 1.54) is 17.9 Å². The third kappa shape index (κ3) is 1.74. The zero-order chi connectivity index (χ0) is 12.5. The van der Waals surface area contributed by atoms with Gasteiger partial charge in [-0.25, -0.2) is 9.78 Å². The number of carboxylic acid groups (broad SMARTS) is 1. The largest absolute Gasteiger partial charge is 0.479 e. The summed E-state index contributed by atoms with van der Waals surface area (Å²) in [5.41, 5.74) is 1.96. The molecule has 2 heterocycles. The van der Waals surface area contributed by atoms with E-state index in [2.05, 4.69) is 9.36 Å². The summed E-state index contributed by atoms with van der Waals surface area (Å²) in [6.45, 7) is 0.656. The summed E-state index contributed by atoms with van der Waals surface area (Å²) in [7, 11) is 0. The van der Waals surface area contributed by atoms with Gasteiger partial charge < -0.3 is 10.0 Å². The summed E-state index contributed by atoms with van der Waals surface area (Å²) in [6.07, 6.45) is 2.29. The van der Waals surface area contributed by atoms with Gasteiger partial charge in [0.05, 0.1) is 0 Å². The quantitative estimate of drug-likeness (QED) is 0.891. The van der Waals surface area contributed by atoms with Crippen molar-refractivity contribution in [3.05, 3.63) is 41.7 Å². The zero-order valence-corrected chi connectivity index (χ0v) is 10.3. The molecule has 2 aromatic rings. The molecule has 0 aliphatic carbocycles. The van der Waals surface area contributed by atoms with Crippen LogP contribution in [-0.4, -0.2) is 27.0 Å². The average Bonchev–Trinajstić information content (AvgIpc) is 2.90. The van der Waals surface area contributed by atoms with Gasteiger partial charge in [-0.15, -0.1) is 0 Å². The molecule has 1 aliphatic heterocycles. The molecular formula is C12H11N3O2S. The minimum Gasteiger partial charge on any atom is -0.479 e. The van der Waals surface area contributed by atoms with Crippen molar-refractivity contribution in [3.8, 4) is 0 Å². The molecule has 0 spiro atoms. The Bertz CT molecular complexity index is 570. The third-order valence-electron chi connectivity index (χ3n) is 3.11. The molecule has 0 bridgehead atoms. The van der Waals surface area contributed by atoms with Crippen LogP contribution < -0.4 is 4.90 Å². The predicted octanol–water partition coefficient (Wildman–Crippen LogP) is 1.73. The highest BCUT2D eigenvalue weighted by atomic mass is 32.1. The third-order valence-corrected chi connectivity index (χ3v) is 3.82. The van der Waals surface area contributed by atoms with E-state index in [-0.39, 0.29) is 0 Å². The minimum absolute atomic E-state index is 0.656. The molecule has 18 heavy (non-hydrogen) atoms. The number of carboxylic acids is 1. The highest BCUT2D eigenvalue weighted by Gasteiger charge is 2.34. The van der Waals surface area contributed by atoms with Crippen molar-refractivity contribution in [3.63, 3.8) is 0 Å². The van der Waals surface area contributed by atoms with Gasteiger partial charge in [0.1, 0.15) is 6.33 Å². The van der Waals surface area contributed by atoms with Crippen molar-refractivity contribution < 1.29 is 9.90 Å². The van der Waals surface area contributed by atoms with Crippen molar-refractivity contribution in [1.82, 2.24) is 9.36 Å². The lowest BCUT2D eigenvalue weighted by Gasteiger charge is -2.34. The monoisotopic (exact) mass is 261 g/mol. The molecule has 3 rings (SSSR count). The number of benzene rings is 1. The second-order valence-corrected chi connectivity index (χ2v) is 4.87. The molecule has 92 valence electrons. The number of hydrogen-bond acceptors (Lipinski definition) is 5. The Hall–Kier alpha value is -1.95. The smallest absolute Gasteiger partial charge is 0.331 e. The van der Waals surface area contributed by atoms with Gasteiger partial charge in [0.15, 0.2) is 6.04 Å². The van der Waals surface area contributed by atoms with E-state index >= 15 is 0 Å². The molecule has 1 atom stereocenters. The Morgan fingerprint density at radius 1 is 1.44 bits per heavy atom. The molecule has 5 nitrogen and oxygen atoms in total. The van der Waals surface area contributed by atoms with Gasteiger partial charge >= 0.3 is 5.97 Å². The van der Waals surface area contributed by atoms with Crippen LogP contribution in [-0.2, 0) is 11.2 Å². The first kappa shape index (κ1) is 11.2. The molecule has 1 aromatic carbocycles. The molecule has 0 fully saturated rings. The first-order valence-electron chi connectivity index (χ1n) is 5.61. The molecule has 1 unspecified atom stereocenters. The Balaban J connectivity index is 2.07. The van der Waals surface area contributed by atoms with Gasteiger partial charge in [-0.3, -0.25) is 0 Å². The van der Waals surface area contributed by atoms with Crippen molar-refractivity contribution in [2.75, 3.05) is 11.4 Å². The van der Waals surface area contributed by atoms with E-state index in [9.17, 15) is 9.90 Å². The number of carbonyl (C=O) groups is 1. The maximum Gasteiger partial charge on any atom is 0.331 e. The van der Waals surface area contributed by atoms with Crippen LogP contribution in [0.4, 0.5) is 5.13 Å². The van der Waals surface area contributed by atoms with Crippen LogP contribution in [0.15, 0.2) is 30.6 Å². The van der Waals surface area contributed by atoms with Crippen molar-refractivity contribution in [1.29, 1.82) is 0 Å². The molecule has 1 aliphatic rings. The maximum absolute atomic E-state index is 11.5.